The Balaban J connectivity index is 1.61. The van der Waals surface area contributed by atoms with Gasteiger partial charge in [0.2, 0.25) is 10.0 Å². The lowest BCUT2D eigenvalue weighted by Gasteiger charge is -2.13. The fourth-order valence-corrected chi connectivity index (χ4v) is 4.22. The van der Waals surface area contributed by atoms with Gasteiger partial charge in [-0.2, -0.15) is 0 Å². The van der Waals surface area contributed by atoms with Crippen molar-refractivity contribution < 1.29 is 13.2 Å². The first kappa shape index (κ1) is 20.8. The van der Waals surface area contributed by atoms with Gasteiger partial charge in [-0.3, -0.25) is 15.2 Å². The van der Waals surface area contributed by atoms with Crippen LogP contribution in [0.3, 0.4) is 0 Å². The second-order valence-corrected chi connectivity index (χ2v) is 8.75. The van der Waals surface area contributed by atoms with Crippen LogP contribution in [0.4, 0.5) is 10.8 Å². The molecule has 0 aliphatic rings. The summed E-state index contributed by atoms with van der Waals surface area (Å²) in [6.45, 7) is 1.90. The predicted molar refractivity (Wildman–Crippen MR) is 116 cm³/mol. The Labute approximate surface area is 177 Å². The Bertz CT molecular complexity index is 1110. The van der Waals surface area contributed by atoms with Crippen molar-refractivity contribution in [2.24, 2.45) is 0 Å². The van der Waals surface area contributed by atoms with Gasteiger partial charge in [0, 0.05) is 16.4 Å². The van der Waals surface area contributed by atoms with Crippen LogP contribution >= 0.6 is 23.6 Å². The summed E-state index contributed by atoms with van der Waals surface area (Å²) in [5.74, 6) is -0.343. The largest absolute Gasteiger partial charge is 0.342 e. The Kier molecular flexibility index (Phi) is 6.52. The van der Waals surface area contributed by atoms with Crippen LogP contribution in [0.2, 0.25) is 0 Å². The second kappa shape index (κ2) is 9.07. The lowest BCUT2D eigenvalue weighted by Crippen LogP contribution is -2.34. The standard InChI is InChI=1S/C18H17N5O3S3/c1-2-15-21-22-18(28-15)23-29(25,26)14-10-8-13(9-11-14)19-17(27)20-16(24)12-6-4-3-5-7-12/h3-11H,2H2,1H3,(H3,19,20,22,23,24,27)/p-1. The molecule has 2 aromatic carbocycles. The number of rotatable bonds is 6. The lowest BCUT2D eigenvalue weighted by atomic mass is 10.2. The van der Waals surface area contributed by atoms with E-state index in [2.05, 4.69) is 25.6 Å². The van der Waals surface area contributed by atoms with Gasteiger partial charge in [0.05, 0.1) is 9.90 Å². The number of anilines is 1. The number of nitrogens with zero attached hydrogens (tertiary/aromatic N) is 3. The normalized spacial score (nSPS) is 10.9. The Morgan fingerprint density at radius 3 is 2.41 bits per heavy atom. The Hall–Kier alpha value is -2.89. The molecule has 3 aromatic rings. The molecule has 0 saturated carbocycles. The summed E-state index contributed by atoms with van der Waals surface area (Å²) in [4.78, 5) is 12.1. The minimum atomic E-state index is -3.91. The molecule has 3 rings (SSSR count). The molecule has 0 unspecified atom stereocenters. The SMILES string of the molecule is CCc1nnc([N-]S(=O)(=O)c2ccc(NC(=S)NC(=O)c3ccccc3)cc2)s1. The molecule has 150 valence electrons. The number of hydrogen-bond donors (Lipinski definition) is 2. The molecular weight excluding hydrogens is 430 g/mol. The van der Waals surface area contributed by atoms with Gasteiger partial charge < -0.3 is 15.1 Å². The first-order chi connectivity index (χ1) is 13.9. The van der Waals surface area contributed by atoms with E-state index < -0.39 is 10.0 Å². The molecule has 1 aromatic heterocycles. The number of hydrogen-bond acceptors (Lipinski definition) is 7. The monoisotopic (exact) mass is 446 g/mol. The van der Waals surface area contributed by atoms with E-state index in [4.69, 9.17) is 12.2 Å². The molecule has 11 heteroatoms. The van der Waals surface area contributed by atoms with Crippen LogP contribution in [0.15, 0.2) is 59.5 Å². The van der Waals surface area contributed by atoms with Crippen LogP contribution in [0, 0.1) is 0 Å². The van der Waals surface area contributed by atoms with Gasteiger partial charge >= 0.3 is 0 Å². The topological polar surface area (TPSA) is 115 Å². The van der Waals surface area contributed by atoms with Crippen molar-refractivity contribution in [3.8, 4) is 0 Å². The average Bonchev–Trinajstić information content (AvgIpc) is 3.16. The van der Waals surface area contributed by atoms with E-state index in [1.54, 1.807) is 24.3 Å². The first-order valence-corrected chi connectivity index (χ1v) is 11.1. The van der Waals surface area contributed by atoms with Gasteiger partial charge in [-0.1, -0.05) is 25.1 Å². The zero-order valence-electron chi connectivity index (χ0n) is 15.2. The smallest absolute Gasteiger partial charge is 0.257 e. The van der Waals surface area contributed by atoms with E-state index >= 15 is 0 Å². The van der Waals surface area contributed by atoms with Crippen LogP contribution in [0.25, 0.3) is 4.72 Å². The number of thiocarbonyl (C=S) groups is 1. The zero-order valence-corrected chi connectivity index (χ0v) is 17.6. The maximum absolute atomic E-state index is 12.4. The van der Waals surface area contributed by atoms with Crippen LogP contribution in [-0.4, -0.2) is 29.6 Å². The third-order valence-electron chi connectivity index (χ3n) is 3.63. The molecular formula is C18H16N5O3S3-. The summed E-state index contributed by atoms with van der Waals surface area (Å²) in [7, 11) is -3.91. The molecule has 8 nitrogen and oxygen atoms in total. The van der Waals surface area contributed by atoms with Crippen molar-refractivity contribution >= 4 is 55.4 Å². The summed E-state index contributed by atoms with van der Waals surface area (Å²) >= 11 is 6.26. The van der Waals surface area contributed by atoms with E-state index in [1.165, 1.54) is 24.3 Å². The summed E-state index contributed by atoms with van der Waals surface area (Å²) in [5.41, 5.74) is 0.995. The highest BCUT2D eigenvalue weighted by molar-refractivity contribution is 7.94. The number of carbonyl (C=O) groups excluding carboxylic acids is 1. The molecule has 1 heterocycles. The zero-order chi connectivity index (χ0) is 20.9. The highest BCUT2D eigenvalue weighted by Gasteiger charge is 2.12. The fourth-order valence-electron chi connectivity index (χ4n) is 2.22. The van der Waals surface area contributed by atoms with E-state index in [0.29, 0.717) is 22.7 Å². The number of nitrogens with one attached hydrogen (secondary N) is 2. The van der Waals surface area contributed by atoms with E-state index in [1.807, 2.05) is 13.0 Å². The first-order valence-electron chi connectivity index (χ1n) is 8.45. The van der Waals surface area contributed by atoms with Gasteiger partial charge in [-0.05, 0) is 55.0 Å². The number of benzene rings is 2. The molecule has 1 amide bonds. The van der Waals surface area contributed by atoms with Crippen LogP contribution < -0.4 is 10.6 Å². The van der Waals surface area contributed by atoms with Crippen molar-refractivity contribution in [2.75, 3.05) is 5.32 Å². The fraction of sp³-hybridized carbons (Fsp3) is 0.111. The summed E-state index contributed by atoms with van der Waals surface area (Å²) < 4.78 is 28.5. The van der Waals surface area contributed by atoms with Gasteiger partial charge in [-0.25, -0.2) is 8.42 Å². The summed E-state index contributed by atoms with van der Waals surface area (Å²) in [5, 5.41) is 13.9. The maximum Gasteiger partial charge on any atom is 0.257 e. The highest BCUT2D eigenvalue weighted by Crippen LogP contribution is 2.30. The van der Waals surface area contributed by atoms with Crippen molar-refractivity contribution in [3.05, 3.63) is 69.9 Å². The molecule has 0 fully saturated rings. The van der Waals surface area contributed by atoms with Gasteiger partial charge in [0.1, 0.15) is 0 Å². The minimum Gasteiger partial charge on any atom is -0.342 e. The quantitative estimate of drug-likeness (QED) is 0.556. The molecule has 2 N–H and O–H groups in total. The number of aryl methyl sites for hydroxylation is 1. The summed E-state index contributed by atoms with van der Waals surface area (Å²) in [6, 6.07) is 14.5. The number of sulfonamides is 1. The Morgan fingerprint density at radius 1 is 1.10 bits per heavy atom. The molecule has 0 spiro atoms. The average molecular weight is 447 g/mol. The molecule has 0 saturated heterocycles. The maximum atomic E-state index is 12.4. The molecule has 0 radical (unpaired) electrons. The lowest BCUT2D eigenvalue weighted by molar-refractivity contribution is 0.0977. The van der Waals surface area contributed by atoms with Crippen molar-refractivity contribution in [1.29, 1.82) is 0 Å². The van der Waals surface area contributed by atoms with Crippen LogP contribution in [-0.2, 0) is 16.4 Å². The van der Waals surface area contributed by atoms with Gasteiger partial charge in [-0.15, -0.1) is 11.3 Å². The molecule has 0 aliphatic carbocycles. The summed E-state index contributed by atoms with van der Waals surface area (Å²) in [6.07, 6.45) is 0.661. The van der Waals surface area contributed by atoms with E-state index in [-0.39, 0.29) is 21.0 Å². The van der Waals surface area contributed by atoms with Crippen molar-refractivity contribution in [2.45, 2.75) is 18.2 Å². The number of carbonyl (C=O) groups is 1. The van der Waals surface area contributed by atoms with Crippen LogP contribution in [0.1, 0.15) is 22.3 Å². The third-order valence-corrected chi connectivity index (χ3v) is 6.19. The second-order valence-electron chi connectivity index (χ2n) is 5.70. The molecule has 0 atom stereocenters. The molecule has 0 aliphatic heterocycles. The minimum absolute atomic E-state index is 0.00976. The predicted octanol–water partition coefficient (Wildman–Crippen LogP) is 3.62. The highest BCUT2D eigenvalue weighted by atomic mass is 32.2. The number of amides is 1. The van der Waals surface area contributed by atoms with E-state index in [9.17, 15) is 13.2 Å². The van der Waals surface area contributed by atoms with Crippen LogP contribution in [0.5, 0.6) is 0 Å². The van der Waals surface area contributed by atoms with E-state index in [0.717, 1.165) is 11.3 Å². The number of aromatic nitrogens is 2. The Morgan fingerprint density at radius 2 is 1.79 bits per heavy atom. The van der Waals surface area contributed by atoms with Crippen molar-refractivity contribution in [1.82, 2.24) is 15.5 Å². The molecule has 0 bridgehead atoms. The molecule has 29 heavy (non-hydrogen) atoms. The van der Waals surface area contributed by atoms with Crippen molar-refractivity contribution in [3.63, 3.8) is 0 Å². The van der Waals surface area contributed by atoms with Gasteiger partial charge in [0.15, 0.2) is 5.11 Å². The third kappa shape index (κ3) is 5.56. The van der Waals surface area contributed by atoms with Gasteiger partial charge in [0.25, 0.3) is 5.91 Å².